The van der Waals surface area contributed by atoms with Crippen molar-refractivity contribution in [3.8, 4) is 0 Å². The first kappa shape index (κ1) is 13.6. The van der Waals surface area contributed by atoms with Crippen LogP contribution in [0.3, 0.4) is 0 Å². The molecule has 0 spiro atoms. The lowest BCUT2D eigenvalue weighted by atomic mass is 10.1. The van der Waals surface area contributed by atoms with Crippen LogP contribution in [-0.2, 0) is 0 Å². The van der Waals surface area contributed by atoms with E-state index in [-0.39, 0.29) is 0 Å². The van der Waals surface area contributed by atoms with Gasteiger partial charge in [0.25, 0.3) is 0 Å². The molecule has 4 heteroatoms. The van der Waals surface area contributed by atoms with Gasteiger partial charge in [0.2, 0.25) is 0 Å². The minimum Gasteiger partial charge on any atom is -0.301 e. The molecule has 0 saturated heterocycles. The third-order valence-corrected chi connectivity index (χ3v) is 3.40. The number of hydrazine groups is 2. The summed E-state index contributed by atoms with van der Waals surface area (Å²) in [5, 5.41) is 1.98. The summed E-state index contributed by atoms with van der Waals surface area (Å²) >= 11 is 0. The van der Waals surface area contributed by atoms with Crippen LogP contribution in [-0.4, -0.2) is 17.5 Å². The van der Waals surface area contributed by atoms with E-state index >= 15 is 0 Å². The molecule has 0 unspecified atom stereocenters. The van der Waals surface area contributed by atoms with Crippen LogP contribution < -0.4 is 10.9 Å². The fourth-order valence-electron chi connectivity index (χ4n) is 2.32. The van der Waals surface area contributed by atoms with Crippen molar-refractivity contribution in [1.82, 2.24) is 10.5 Å². The first-order valence-corrected chi connectivity index (χ1v) is 7.32. The summed E-state index contributed by atoms with van der Waals surface area (Å²) in [6, 6.07) is 16.5. The lowest BCUT2D eigenvalue weighted by molar-refractivity contribution is 0.283. The highest BCUT2D eigenvalue weighted by molar-refractivity contribution is 6.05. The lowest BCUT2D eigenvalue weighted by Gasteiger charge is -2.32. The zero-order valence-electron chi connectivity index (χ0n) is 12.4. The van der Waals surface area contributed by atoms with E-state index in [0.717, 1.165) is 35.7 Å². The predicted molar refractivity (Wildman–Crippen MR) is 87.6 cm³/mol. The van der Waals surface area contributed by atoms with Gasteiger partial charge in [0.1, 0.15) is 0 Å². The van der Waals surface area contributed by atoms with Gasteiger partial charge in [0, 0.05) is 12.1 Å². The zero-order valence-corrected chi connectivity index (χ0v) is 12.4. The minimum atomic E-state index is 0.877. The highest BCUT2D eigenvalue weighted by atomic mass is 15.7. The molecule has 0 aliphatic carbocycles. The maximum absolute atomic E-state index is 4.76. The largest absolute Gasteiger partial charge is 0.301 e. The number of aryl methyl sites for hydroxylation is 1. The molecule has 0 aromatic heterocycles. The number of rotatable bonds is 3. The Labute approximate surface area is 125 Å². The quantitative estimate of drug-likeness (QED) is 0.902. The molecule has 0 amide bonds. The Hall–Kier alpha value is -2.33. The zero-order chi connectivity index (χ0) is 14.7. The van der Waals surface area contributed by atoms with Crippen LogP contribution in [0.15, 0.2) is 53.5 Å². The molecule has 4 nitrogen and oxygen atoms in total. The number of para-hydroxylation sites is 1. The van der Waals surface area contributed by atoms with E-state index in [1.165, 1.54) is 5.56 Å². The molecule has 1 heterocycles. The van der Waals surface area contributed by atoms with Gasteiger partial charge in [-0.05, 0) is 37.6 Å². The van der Waals surface area contributed by atoms with Gasteiger partial charge in [-0.1, -0.05) is 36.8 Å². The molecular formula is C17H20N4. The third-order valence-electron chi connectivity index (χ3n) is 3.40. The second-order valence-corrected chi connectivity index (χ2v) is 5.22. The summed E-state index contributed by atoms with van der Waals surface area (Å²) in [4.78, 5) is 4.76. The van der Waals surface area contributed by atoms with Gasteiger partial charge < -0.3 is 5.43 Å². The molecular weight excluding hydrogens is 260 g/mol. The summed E-state index contributed by atoms with van der Waals surface area (Å²) < 4.78 is 0. The maximum Gasteiger partial charge on any atom is 0.151 e. The molecule has 0 bridgehead atoms. The summed E-state index contributed by atoms with van der Waals surface area (Å²) in [7, 11) is 0. The van der Waals surface area contributed by atoms with Gasteiger partial charge in [0.15, 0.2) is 5.84 Å². The highest BCUT2D eigenvalue weighted by Gasteiger charge is 2.19. The van der Waals surface area contributed by atoms with E-state index in [1.54, 1.807) is 0 Å². The van der Waals surface area contributed by atoms with Crippen molar-refractivity contribution in [2.75, 3.05) is 12.0 Å². The van der Waals surface area contributed by atoms with E-state index in [4.69, 9.17) is 4.99 Å². The summed E-state index contributed by atoms with van der Waals surface area (Å²) in [6.45, 7) is 5.14. The normalized spacial score (nSPS) is 16.2. The van der Waals surface area contributed by atoms with Gasteiger partial charge >= 0.3 is 0 Å². The van der Waals surface area contributed by atoms with Gasteiger partial charge in [-0.2, -0.15) is 0 Å². The number of nitrogens with zero attached hydrogens (tertiary/aromatic N) is 2. The Morgan fingerprint density at radius 2 is 1.76 bits per heavy atom. The lowest BCUT2D eigenvalue weighted by Crippen LogP contribution is -2.50. The first-order valence-electron chi connectivity index (χ1n) is 7.32. The number of amidine groups is 1. The van der Waals surface area contributed by atoms with E-state index < -0.39 is 0 Å². The van der Waals surface area contributed by atoms with Crippen LogP contribution in [0.1, 0.15) is 24.5 Å². The third kappa shape index (κ3) is 3.06. The van der Waals surface area contributed by atoms with E-state index in [9.17, 15) is 0 Å². The minimum absolute atomic E-state index is 0.877. The average Bonchev–Trinajstić information content (AvgIpc) is 2.50. The molecule has 2 N–H and O–H groups in total. The SMILES string of the molecule is CCCN1NC(=Nc2ccc(C)cc2)c2ccccc2N1. The second kappa shape index (κ2) is 5.97. The van der Waals surface area contributed by atoms with Crippen LogP contribution in [0.4, 0.5) is 11.4 Å². The smallest absolute Gasteiger partial charge is 0.151 e. The van der Waals surface area contributed by atoms with Crippen LogP contribution in [0.25, 0.3) is 0 Å². The Bertz CT molecular complexity index is 646. The predicted octanol–water partition coefficient (Wildman–Crippen LogP) is 3.63. The molecule has 2 aromatic carbocycles. The van der Waals surface area contributed by atoms with E-state index in [0.29, 0.717) is 0 Å². The van der Waals surface area contributed by atoms with E-state index in [2.05, 4.69) is 49.0 Å². The molecule has 1 aliphatic rings. The van der Waals surface area contributed by atoms with Crippen molar-refractivity contribution < 1.29 is 0 Å². The van der Waals surface area contributed by atoms with Gasteiger partial charge in [-0.25, -0.2) is 4.99 Å². The number of benzene rings is 2. The Kier molecular flexibility index (Phi) is 3.88. The standard InChI is InChI=1S/C17H20N4/c1-3-12-21-19-16-7-5-4-6-15(16)17(20-21)18-14-10-8-13(2)9-11-14/h4-11,19H,3,12H2,1-2H3,(H,18,20). The Balaban J connectivity index is 1.97. The Morgan fingerprint density at radius 3 is 2.52 bits per heavy atom. The monoisotopic (exact) mass is 280 g/mol. The summed E-state index contributed by atoms with van der Waals surface area (Å²) in [5.74, 6) is 0.877. The van der Waals surface area contributed by atoms with Crippen LogP contribution in [0.5, 0.6) is 0 Å². The number of hydrogen-bond donors (Lipinski definition) is 2. The van der Waals surface area contributed by atoms with Crippen molar-refractivity contribution >= 4 is 17.2 Å². The fourth-order valence-corrected chi connectivity index (χ4v) is 2.32. The highest BCUT2D eigenvalue weighted by Crippen LogP contribution is 2.22. The molecule has 0 atom stereocenters. The van der Waals surface area contributed by atoms with Crippen molar-refractivity contribution in [2.24, 2.45) is 4.99 Å². The molecule has 1 aliphatic heterocycles. The number of aliphatic imine (C=N–C) groups is 1. The van der Waals surface area contributed by atoms with Crippen molar-refractivity contribution in [3.63, 3.8) is 0 Å². The van der Waals surface area contributed by atoms with Crippen molar-refractivity contribution in [3.05, 3.63) is 59.7 Å². The van der Waals surface area contributed by atoms with Crippen LogP contribution in [0.2, 0.25) is 0 Å². The Morgan fingerprint density at radius 1 is 1.00 bits per heavy atom. The van der Waals surface area contributed by atoms with Gasteiger partial charge in [-0.3, -0.25) is 5.43 Å². The molecule has 108 valence electrons. The number of fused-ring (bicyclic) bond motifs is 1. The fraction of sp³-hybridized carbons (Fsp3) is 0.235. The van der Waals surface area contributed by atoms with Crippen molar-refractivity contribution in [2.45, 2.75) is 20.3 Å². The summed E-state index contributed by atoms with van der Waals surface area (Å²) in [6.07, 6.45) is 1.06. The van der Waals surface area contributed by atoms with Crippen molar-refractivity contribution in [1.29, 1.82) is 0 Å². The van der Waals surface area contributed by atoms with Gasteiger partial charge in [-0.15, -0.1) is 5.12 Å². The van der Waals surface area contributed by atoms with Gasteiger partial charge in [0.05, 0.1) is 11.4 Å². The number of nitrogens with one attached hydrogen (secondary N) is 2. The first-order chi connectivity index (χ1) is 10.3. The van der Waals surface area contributed by atoms with Crippen LogP contribution in [0, 0.1) is 6.92 Å². The second-order valence-electron chi connectivity index (χ2n) is 5.22. The number of hydrogen-bond acceptors (Lipinski definition) is 3. The molecule has 0 radical (unpaired) electrons. The molecule has 0 saturated carbocycles. The topological polar surface area (TPSA) is 39.7 Å². The van der Waals surface area contributed by atoms with Crippen LogP contribution >= 0.6 is 0 Å². The maximum atomic E-state index is 4.76. The summed E-state index contributed by atoms with van der Waals surface area (Å²) in [5.41, 5.74) is 11.1. The average molecular weight is 280 g/mol. The molecule has 0 fully saturated rings. The van der Waals surface area contributed by atoms with E-state index in [1.807, 2.05) is 29.4 Å². The number of anilines is 1. The molecule has 2 aromatic rings. The molecule has 3 rings (SSSR count). The molecule has 21 heavy (non-hydrogen) atoms.